The van der Waals surface area contributed by atoms with Gasteiger partial charge < -0.3 is 9.32 Å². The van der Waals surface area contributed by atoms with Gasteiger partial charge in [-0.2, -0.15) is 0 Å². The molecule has 1 aromatic heterocycles. The van der Waals surface area contributed by atoms with E-state index >= 15 is 0 Å². The molecule has 0 saturated carbocycles. The Labute approximate surface area is 402 Å². The second kappa shape index (κ2) is 16.7. The van der Waals surface area contributed by atoms with Crippen molar-refractivity contribution in [3.63, 3.8) is 0 Å². The van der Waals surface area contributed by atoms with Crippen molar-refractivity contribution in [2.75, 3.05) is 4.90 Å². The quantitative estimate of drug-likeness (QED) is 0.144. The van der Waals surface area contributed by atoms with Crippen molar-refractivity contribution >= 4 is 39.0 Å². The molecule has 0 saturated heterocycles. The van der Waals surface area contributed by atoms with Crippen LogP contribution in [0.1, 0.15) is 22.3 Å². The number of para-hydroxylation sites is 2. The molecule has 1 heterocycles. The summed E-state index contributed by atoms with van der Waals surface area (Å²) in [7, 11) is 0. The standard InChI is InChI=1S/C67H45NO/c1-5-22-46(23-6-1)53-32-13-14-35-59(53)65-54(47-24-7-2-8-25-47)36-21-40-63(65)68(51-31-19-26-48(44-51)55-37-20-38-60-58-34-16-18-41-64(58)69-66(55)60)52-42-43-57-56-33-15-17-39-61(56)67(62(57)45-52,49-27-9-3-10-28-49)50-29-11-4-12-30-50/h1-45H. The van der Waals surface area contributed by atoms with E-state index in [-0.39, 0.29) is 0 Å². The highest BCUT2D eigenvalue weighted by Gasteiger charge is 2.46. The van der Waals surface area contributed by atoms with Crippen LogP contribution in [0.15, 0.2) is 277 Å². The fourth-order valence-corrected chi connectivity index (χ4v) is 11.2. The molecule has 2 heteroatoms. The van der Waals surface area contributed by atoms with Gasteiger partial charge in [-0.05, 0) is 103 Å². The molecule has 1 aliphatic carbocycles. The molecule has 0 unspecified atom stereocenters. The summed E-state index contributed by atoms with van der Waals surface area (Å²) in [6.07, 6.45) is 0. The number of hydrogen-bond acceptors (Lipinski definition) is 2. The average Bonchev–Trinajstić information content (AvgIpc) is 3.96. The average molecular weight is 880 g/mol. The molecule has 0 N–H and O–H groups in total. The molecule has 0 aliphatic heterocycles. The number of hydrogen-bond donors (Lipinski definition) is 0. The lowest BCUT2D eigenvalue weighted by Gasteiger charge is -2.35. The summed E-state index contributed by atoms with van der Waals surface area (Å²) < 4.78 is 6.68. The topological polar surface area (TPSA) is 16.4 Å². The first-order chi connectivity index (χ1) is 34.3. The molecule has 0 radical (unpaired) electrons. The van der Waals surface area contributed by atoms with E-state index in [1.54, 1.807) is 0 Å². The summed E-state index contributed by atoms with van der Waals surface area (Å²) in [6.45, 7) is 0. The lowest BCUT2D eigenvalue weighted by Crippen LogP contribution is -2.28. The molecule has 0 spiro atoms. The molecule has 0 bridgehead atoms. The van der Waals surface area contributed by atoms with Gasteiger partial charge in [-0.15, -0.1) is 0 Å². The Morgan fingerprint density at radius 1 is 0.304 bits per heavy atom. The van der Waals surface area contributed by atoms with Gasteiger partial charge in [0.25, 0.3) is 0 Å². The van der Waals surface area contributed by atoms with Crippen molar-refractivity contribution in [3.05, 3.63) is 295 Å². The molecule has 324 valence electrons. The van der Waals surface area contributed by atoms with Gasteiger partial charge in [0.05, 0.1) is 11.1 Å². The molecule has 0 fully saturated rings. The van der Waals surface area contributed by atoms with Crippen molar-refractivity contribution in [2.24, 2.45) is 0 Å². The third-order valence-electron chi connectivity index (χ3n) is 14.2. The molecule has 12 aromatic rings. The van der Waals surface area contributed by atoms with E-state index in [1.807, 2.05) is 6.07 Å². The van der Waals surface area contributed by atoms with Crippen molar-refractivity contribution in [3.8, 4) is 55.6 Å². The van der Waals surface area contributed by atoms with E-state index in [0.717, 1.165) is 72.4 Å². The van der Waals surface area contributed by atoms with Gasteiger partial charge in [0.1, 0.15) is 11.2 Å². The Morgan fingerprint density at radius 3 is 1.55 bits per heavy atom. The van der Waals surface area contributed by atoms with Crippen LogP contribution in [0.5, 0.6) is 0 Å². The summed E-state index contributed by atoms with van der Waals surface area (Å²) in [5, 5.41) is 2.23. The highest BCUT2D eigenvalue weighted by Crippen LogP contribution is 2.58. The minimum atomic E-state index is -0.580. The van der Waals surface area contributed by atoms with E-state index in [1.165, 1.54) is 44.5 Å². The third kappa shape index (κ3) is 6.56. The van der Waals surface area contributed by atoms with Crippen molar-refractivity contribution in [2.45, 2.75) is 5.41 Å². The number of rotatable bonds is 9. The van der Waals surface area contributed by atoms with Gasteiger partial charge in [-0.3, -0.25) is 0 Å². The fourth-order valence-electron chi connectivity index (χ4n) is 11.2. The molecule has 13 rings (SSSR count). The first-order valence-corrected chi connectivity index (χ1v) is 23.8. The first kappa shape index (κ1) is 40.3. The maximum atomic E-state index is 6.68. The minimum absolute atomic E-state index is 0.580. The third-order valence-corrected chi connectivity index (χ3v) is 14.2. The molecule has 0 amide bonds. The summed E-state index contributed by atoms with van der Waals surface area (Å²) in [4.78, 5) is 2.50. The summed E-state index contributed by atoms with van der Waals surface area (Å²) >= 11 is 0. The van der Waals surface area contributed by atoms with Crippen LogP contribution in [0.25, 0.3) is 77.6 Å². The van der Waals surface area contributed by atoms with Gasteiger partial charge in [-0.1, -0.05) is 237 Å². The lowest BCUT2D eigenvalue weighted by atomic mass is 9.67. The number of benzene rings is 11. The lowest BCUT2D eigenvalue weighted by molar-refractivity contribution is 0.670. The molecule has 11 aromatic carbocycles. The Balaban J connectivity index is 1.12. The fraction of sp³-hybridized carbons (Fsp3) is 0.0149. The number of fused-ring (bicyclic) bond motifs is 6. The van der Waals surface area contributed by atoms with E-state index in [2.05, 4.69) is 272 Å². The van der Waals surface area contributed by atoms with E-state index < -0.39 is 5.41 Å². The van der Waals surface area contributed by atoms with Crippen LogP contribution >= 0.6 is 0 Å². The minimum Gasteiger partial charge on any atom is -0.455 e. The van der Waals surface area contributed by atoms with Crippen LogP contribution in [0, 0.1) is 0 Å². The van der Waals surface area contributed by atoms with E-state index in [9.17, 15) is 0 Å². The highest BCUT2D eigenvalue weighted by atomic mass is 16.3. The molecule has 69 heavy (non-hydrogen) atoms. The van der Waals surface area contributed by atoms with Crippen LogP contribution < -0.4 is 4.90 Å². The highest BCUT2D eigenvalue weighted by molar-refractivity contribution is 6.10. The Kier molecular flexibility index (Phi) is 9.77. The summed E-state index contributed by atoms with van der Waals surface area (Å²) in [6, 6.07) is 99.4. The van der Waals surface area contributed by atoms with Gasteiger partial charge in [0.15, 0.2) is 0 Å². The van der Waals surface area contributed by atoms with Gasteiger partial charge in [-0.25, -0.2) is 0 Å². The van der Waals surface area contributed by atoms with Gasteiger partial charge >= 0.3 is 0 Å². The number of nitrogens with zero attached hydrogens (tertiary/aromatic N) is 1. The predicted octanol–water partition coefficient (Wildman–Crippen LogP) is 18.1. The van der Waals surface area contributed by atoms with Gasteiger partial charge in [0.2, 0.25) is 0 Å². The predicted molar refractivity (Wildman–Crippen MR) is 287 cm³/mol. The van der Waals surface area contributed by atoms with Crippen LogP contribution in [-0.2, 0) is 5.41 Å². The Bertz CT molecular complexity index is 3800. The smallest absolute Gasteiger partial charge is 0.143 e. The Hall–Kier alpha value is -8.98. The summed E-state index contributed by atoms with van der Waals surface area (Å²) in [5.41, 5.74) is 20.9. The van der Waals surface area contributed by atoms with Crippen molar-refractivity contribution < 1.29 is 4.42 Å². The monoisotopic (exact) mass is 879 g/mol. The second-order valence-corrected chi connectivity index (χ2v) is 17.9. The van der Waals surface area contributed by atoms with E-state index in [4.69, 9.17) is 4.42 Å². The largest absolute Gasteiger partial charge is 0.455 e. The first-order valence-electron chi connectivity index (χ1n) is 23.8. The Morgan fingerprint density at radius 2 is 0.812 bits per heavy atom. The number of furan rings is 1. The van der Waals surface area contributed by atoms with Gasteiger partial charge in [0, 0.05) is 33.3 Å². The van der Waals surface area contributed by atoms with Crippen molar-refractivity contribution in [1.82, 2.24) is 0 Å². The van der Waals surface area contributed by atoms with Crippen LogP contribution in [0.2, 0.25) is 0 Å². The zero-order chi connectivity index (χ0) is 45.7. The molecule has 2 nitrogen and oxygen atoms in total. The zero-order valence-electron chi connectivity index (χ0n) is 37.8. The molecule has 0 atom stereocenters. The zero-order valence-corrected chi connectivity index (χ0v) is 37.8. The molecule has 1 aliphatic rings. The van der Waals surface area contributed by atoms with Crippen LogP contribution in [-0.4, -0.2) is 0 Å². The summed E-state index contributed by atoms with van der Waals surface area (Å²) in [5.74, 6) is 0. The number of anilines is 3. The van der Waals surface area contributed by atoms with Crippen LogP contribution in [0.3, 0.4) is 0 Å². The second-order valence-electron chi connectivity index (χ2n) is 17.9. The van der Waals surface area contributed by atoms with E-state index in [0.29, 0.717) is 0 Å². The SMILES string of the molecule is c1ccc(-c2ccccc2-c2c(-c3ccccc3)cccc2N(c2cccc(-c3cccc4c3oc3ccccc34)c2)c2ccc3c(c2)C(c2ccccc2)(c2ccccc2)c2ccccc2-3)cc1. The molecular weight excluding hydrogens is 835 g/mol. The van der Waals surface area contributed by atoms with Crippen molar-refractivity contribution in [1.29, 1.82) is 0 Å². The van der Waals surface area contributed by atoms with Crippen LogP contribution in [0.4, 0.5) is 17.1 Å². The molecular formula is C67H45NO. The maximum Gasteiger partial charge on any atom is 0.143 e. The maximum absolute atomic E-state index is 6.68. The normalized spacial score (nSPS) is 12.5.